The van der Waals surface area contributed by atoms with Crippen molar-refractivity contribution in [2.45, 2.75) is 37.5 Å². The fourth-order valence-electron chi connectivity index (χ4n) is 3.28. The molecule has 136 valence electrons. The molecule has 0 bridgehead atoms. The summed E-state index contributed by atoms with van der Waals surface area (Å²) in [6.45, 7) is 3.23. The Kier molecular flexibility index (Phi) is 5.24. The molecule has 0 radical (unpaired) electrons. The fraction of sp³-hybridized carbons (Fsp3) is 0.556. The van der Waals surface area contributed by atoms with Crippen LogP contribution in [0.2, 0.25) is 0 Å². The molecule has 0 aromatic heterocycles. The first-order valence-electron chi connectivity index (χ1n) is 8.79. The SMILES string of the molecule is CC(=O)c1ccc(S(=O)(=O)N2CCCN(C(=O)C3CCC3)CC2)cc1. The summed E-state index contributed by atoms with van der Waals surface area (Å²) in [6, 6.07) is 6.04. The highest BCUT2D eigenvalue weighted by atomic mass is 32.2. The Balaban J connectivity index is 1.70. The lowest BCUT2D eigenvalue weighted by molar-refractivity contribution is -0.138. The van der Waals surface area contributed by atoms with E-state index >= 15 is 0 Å². The van der Waals surface area contributed by atoms with Crippen LogP contribution in [0.1, 0.15) is 43.0 Å². The van der Waals surface area contributed by atoms with E-state index < -0.39 is 10.0 Å². The normalized spacial score (nSPS) is 20.0. The third kappa shape index (κ3) is 3.77. The maximum Gasteiger partial charge on any atom is 0.243 e. The van der Waals surface area contributed by atoms with Crippen LogP contribution in [0.4, 0.5) is 0 Å². The van der Waals surface area contributed by atoms with Gasteiger partial charge >= 0.3 is 0 Å². The number of sulfonamides is 1. The number of ketones is 1. The zero-order chi connectivity index (χ0) is 18.0. The maximum absolute atomic E-state index is 12.8. The molecule has 1 heterocycles. The van der Waals surface area contributed by atoms with E-state index in [9.17, 15) is 18.0 Å². The molecule has 1 aliphatic carbocycles. The second kappa shape index (κ2) is 7.25. The van der Waals surface area contributed by atoms with Crippen molar-refractivity contribution >= 4 is 21.7 Å². The van der Waals surface area contributed by atoms with Gasteiger partial charge in [-0.1, -0.05) is 18.6 Å². The summed E-state index contributed by atoms with van der Waals surface area (Å²) < 4.78 is 27.1. The fourth-order valence-corrected chi connectivity index (χ4v) is 4.75. The van der Waals surface area contributed by atoms with E-state index in [1.165, 1.54) is 23.4 Å². The number of hydrogen-bond acceptors (Lipinski definition) is 4. The number of rotatable bonds is 4. The maximum atomic E-state index is 12.8. The van der Waals surface area contributed by atoms with Crippen LogP contribution >= 0.6 is 0 Å². The van der Waals surface area contributed by atoms with Crippen molar-refractivity contribution in [2.24, 2.45) is 5.92 Å². The number of hydrogen-bond donors (Lipinski definition) is 0. The summed E-state index contributed by atoms with van der Waals surface area (Å²) in [5, 5.41) is 0. The van der Waals surface area contributed by atoms with E-state index in [-0.39, 0.29) is 22.5 Å². The minimum absolute atomic E-state index is 0.0936. The molecule has 7 heteroatoms. The molecule has 1 saturated carbocycles. The van der Waals surface area contributed by atoms with Gasteiger partial charge in [0.25, 0.3) is 0 Å². The lowest BCUT2D eigenvalue weighted by Crippen LogP contribution is -2.41. The molecule has 0 spiro atoms. The monoisotopic (exact) mass is 364 g/mol. The average Bonchev–Trinajstić information content (AvgIpc) is 2.79. The average molecular weight is 364 g/mol. The van der Waals surface area contributed by atoms with Crippen molar-refractivity contribution < 1.29 is 18.0 Å². The highest BCUT2D eigenvalue weighted by Gasteiger charge is 2.32. The third-order valence-corrected chi connectivity index (χ3v) is 7.03. The second-order valence-electron chi connectivity index (χ2n) is 6.79. The smallest absolute Gasteiger partial charge is 0.243 e. The van der Waals surface area contributed by atoms with E-state index in [2.05, 4.69) is 0 Å². The van der Waals surface area contributed by atoms with Gasteiger partial charge in [0, 0.05) is 37.7 Å². The van der Waals surface area contributed by atoms with Gasteiger partial charge in [0.1, 0.15) is 0 Å². The number of carbonyl (C=O) groups is 2. The molecule has 2 fully saturated rings. The van der Waals surface area contributed by atoms with E-state index in [1.54, 1.807) is 12.1 Å². The Labute approximate surface area is 148 Å². The highest BCUT2D eigenvalue weighted by molar-refractivity contribution is 7.89. The van der Waals surface area contributed by atoms with Crippen LogP contribution in [0.3, 0.4) is 0 Å². The van der Waals surface area contributed by atoms with Crippen molar-refractivity contribution in [3.05, 3.63) is 29.8 Å². The first-order chi connectivity index (χ1) is 11.9. The zero-order valence-corrected chi connectivity index (χ0v) is 15.3. The third-order valence-electron chi connectivity index (χ3n) is 5.12. The second-order valence-corrected chi connectivity index (χ2v) is 8.73. The van der Waals surface area contributed by atoms with E-state index in [0.29, 0.717) is 38.2 Å². The topological polar surface area (TPSA) is 74.8 Å². The van der Waals surface area contributed by atoms with Crippen LogP contribution in [0.25, 0.3) is 0 Å². The molecular formula is C18H24N2O4S. The summed E-state index contributed by atoms with van der Waals surface area (Å²) in [6.07, 6.45) is 3.67. The van der Waals surface area contributed by atoms with Crippen molar-refractivity contribution in [2.75, 3.05) is 26.2 Å². The van der Waals surface area contributed by atoms with E-state index in [0.717, 1.165) is 19.3 Å². The molecule has 2 aliphatic rings. The van der Waals surface area contributed by atoms with Crippen molar-refractivity contribution in [1.82, 2.24) is 9.21 Å². The van der Waals surface area contributed by atoms with Gasteiger partial charge in [-0.15, -0.1) is 0 Å². The summed E-state index contributed by atoms with van der Waals surface area (Å²) in [7, 11) is -3.60. The van der Waals surface area contributed by atoms with Crippen LogP contribution in [0.15, 0.2) is 29.2 Å². The van der Waals surface area contributed by atoms with Crippen LogP contribution in [0.5, 0.6) is 0 Å². The highest BCUT2D eigenvalue weighted by Crippen LogP contribution is 2.29. The number of nitrogens with zero attached hydrogens (tertiary/aromatic N) is 2. The number of Topliss-reactive ketones (excluding diaryl/α,β-unsaturated/α-hetero) is 1. The van der Waals surface area contributed by atoms with Gasteiger partial charge in [-0.3, -0.25) is 9.59 Å². The molecule has 1 aliphatic heterocycles. The molecule has 6 nitrogen and oxygen atoms in total. The standard InChI is InChI=1S/C18H24N2O4S/c1-14(21)15-6-8-17(9-7-15)25(23,24)20-11-3-10-19(12-13-20)18(22)16-4-2-5-16/h6-9,16H,2-5,10-13H2,1H3. The Morgan fingerprint density at radius 1 is 0.960 bits per heavy atom. The Bertz CT molecular complexity index is 754. The molecule has 0 atom stereocenters. The molecule has 1 aromatic rings. The van der Waals surface area contributed by atoms with Gasteiger partial charge in [-0.25, -0.2) is 8.42 Å². The van der Waals surface area contributed by atoms with Gasteiger partial charge < -0.3 is 4.90 Å². The minimum Gasteiger partial charge on any atom is -0.341 e. The lowest BCUT2D eigenvalue weighted by Gasteiger charge is -2.31. The summed E-state index contributed by atoms with van der Waals surface area (Å²) in [5.74, 6) is 0.225. The Hall–Kier alpha value is -1.73. The molecule has 0 unspecified atom stereocenters. The number of carbonyl (C=O) groups excluding carboxylic acids is 2. The minimum atomic E-state index is -3.60. The first-order valence-corrected chi connectivity index (χ1v) is 10.2. The lowest BCUT2D eigenvalue weighted by atomic mass is 9.84. The predicted molar refractivity (Wildman–Crippen MR) is 93.7 cm³/mol. The molecule has 0 N–H and O–H groups in total. The Morgan fingerprint density at radius 3 is 2.20 bits per heavy atom. The van der Waals surface area contributed by atoms with Crippen LogP contribution in [-0.2, 0) is 14.8 Å². The van der Waals surface area contributed by atoms with Gasteiger partial charge in [0.2, 0.25) is 15.9 Å². The van der Waals surface area contributed by atoms with E-state index in [1.807, 2.05) is 4.90 Å². The first kappa shape index (κ1) is 18.1. The zero-order valence-electron chi connectivity index (χ0n) is 14.5. The largest absolute Gasteiger partial charge is 0.341 e. The summed E-state index contributed by atoms with van der Waals surface area (Å²) in [4.78, 5) is 25.7. The van der Waals surface area contributed by atoms with Crippen LogP contribution in [0, 0.1) is 5.92 Å². The van der Waals surface area contributed by atoms with Crippen LogP contribution < -0.4 is 0 Å². The van der Waals surface area contributed by atoms with Gasteiger partial charge in [-0.2, -0.15) is 4.31 Å². The predicted octanol–water partition coefficient (Wildman–Crippen LogP) is 1.91. The van der Waals surface area contributed by atoms with Gasteiger partial charge in [0.05, 0.1) is 4.90 Å². The molecule has 3 rings (SSSR count). The molecule has 25 heavy (non-hydrogen) atoms. The molecular weight excluding hydrogens is 340 g/mol. The number of benzene rings is 1. The Morgan fingerprint density at radius 2 is 1.64 bits per heavy atom. The van der Waals surface area contributed by atoms with Crippen molar-refractivity contribution in [3.8, 4) is 0 Å². The van der Waals surface area contributed by atoms with E-state index in [4.69, 9.17) is 0 Å². The number of amides is 1. The van der Waals surface area contributed by atoms with Crippen LogP contribution in [-0.4, -0.2) is 55.5 Å². The molecule has 1 amide bonds. The van der Waals surface area contributed by atoms with Gasteiger partial charge in [-0.05, 0) is 38.3 Å². The summed E-state index contributed by atoms with van der Waals surface area (Å²) in [5.41, 5.74) is 0.493. The summed E-state index contributed by atoms with van der Waals surface area (Å²) >= 11 is 0. The molecule has 1 aromatic carbocycles. The van der Waals surface area contributed by atoms with Crippen molar-refractivity contribution in [3.63, 3.8) is 0 Å². The van der Waals surface area contributed by atoms with Gasteiger partial charge in [0.15, 0.2) is 5.78 Å². The quantitative estimate of drug-likeness (QED) is 0.765. The van der Waals surface area contributed by atoms with Crippen molar-refractivity contribution in [1.29, 1.82) is 0 Å². The molecule has 1 saturated heterocycles.